The fourth-order valence-electron chi connectivity index (χ4n) is 2.74. The molecule has 1 aliphatic rings. The summed E-state index contributed by atoms with van der Waals surface area (Å²) in [6.45, 7) is 7.36. The highest BCUT2D eigenvalue weighted by Gasteiger charge is 2.53. The predicted molar refractivity (Wildman–Crippen MR) is 76.2 cm³/mol. The smallest absolute Gasteiger partial charge is 0.338 e. The summed E-state index contributed by atoms with van der Waals surface area (Å²) in [5.74, 6) is 1.21. The van der Waals surface area contributed by atoms with Crippen LogP contribution in [0.15, 0.2) is 18.2 Å². The maximum atomic E-state index is 11.7. The van der Waals surface area contributed by atoms with E-state index in [1.807, 2.05) is 0 Å². The number of carbonyl (C=O) groups is 1. The Balaban J connectivity index is 1.70. The van der Waals surface area contributed by atoms with Crippen LogP contribution in [0.2, 0.25) is 5.02 Å². The minimum absolute atomic E-state index is 0.342. The molecule has 2 atom stereocenters. The topological polar surface area (TPSA) is 26.3 Å². The van der Waals surface area contributed by atoms with Crippen LogP contribution >= 0.6 is 11.6 Å². The zero-order valence-electron chi connectivity index (χ0n) is 11.7. The van der Waals surface area contributed by atoms with Gasteiger partial charge >= 0.3 is 5.97 Å². The molecule has 0 heterocycles. The molecule has 0 saturated heterocycles. The Hall–Kier alpha value is -1.02. The lowest BCUT2D eigenvalue weighted by molar-refractivity contribution is 0.0495. The van der Waals surface area contributed by atoms with Gasteiger partial charge in [0.05, 0.1) is 12.2 Å². The summed E-state index contributed by atoms with van der Waals surface area (Å²) < 4.78 is 5.24. The lowest BCUT2D eigenvalue weighted by Gasteiger charge is -2.05. The molecule has 19 heavy (non-hydrogen) atoms. The van der Waals surface area contributed by atoms with E-state index >= 15 is 0 Å². The highest BCUT2D eigenvalue weighted by molar-refractivity contribution is 6.30. The normalized spacial score (nSPS) is 24.0. The summed E-state index contributed by atoms with van der Waals surface area (Å²) in [5.41, 5.74) is 0.859. The largest absolute Gasteiger partial charge is 0.462 e. The molecule has 1 radical (unpaired) electrons. The van der Waals surface area contributed by atoms with Gasteiger partial charge in [0.2, 0.25) is 0 Å². The third-order valence-corrected chi connectivity index (χ3v) is 4.73. The Bertz CT molecular complexity index is 468. The number of hydrogen-bond donors (Lipinski definition) is 0. The number of rotatable bonds is 5. The molecule has 2 unspecified atom stereocenters. The van der Waals surface area contributed by atoms with Gasteiger partial charge in [-0.15, -0.1) is 0 Å². The SMILES string of the molecule is CC1C(CCCOC(=O)c2[c]ccc(Cl)c2)C1(C)C. The molecule has 103 valence electrons. The number of hydrogen-bond acceptors (Lipinski definition) is 2. The summed E-state index contributed by atoms with van der Waals surface area (Å²) in [4.78, 5) is 11.7. The highest BCUT2D eigenvalue weighted by atomic mass is 35.5. The first-order valence-corrected chi connectivity index (χ1v) is 7.15. The van der Waals surface area contributed by atoms with Gasteiger partial charge in [-0.3, -0.25) is 0 Å². The first kappa shape index (κ1) is 14.4. The zero-order chi connectivity index (χ0) is 14.0. The highest BCUT2D eigenvalue weighted by Crippen LogP contribution is 2.59. The average molecular weight is 280 g/mol. The molecule has 0 amide bonds. The molecule has 1 fully saturated rings. The minimum atomic E-state index is -0.342. The minimum Gasteiger partial charge on any atom is -0.462 e. The van der Waals surface area contributed by atoms with Crippen LogP contribution in [0.3, 0.4) is 0 Å². The van der Waals surface area contributed by atoms with Crippen molar-refractivity contribution in [1.82, 2.24) is 0 Å². The van der Waals surface area contributed by atoms with Crippen LogP contribution in [0.5, 0.6) is 0 Å². The van der Waals surface area contributed by atoms with Gasteiger partial charge in [-0.2, -0.15) is 0 Å². The van der Waals surface area contributed by atoms with Crippen molar-refractivity contribution in [2.75, 3.05) is 6.61 Å². The Morgan fingerprint density at radius 2 is 2.21 bits per heavy atom. The molecule has 0 bridgehead atoms. The zero-order valence-corrected chi connectivity index (χ0v) is 12.5. The van der Waals surface area contributed by atoms with Gasteiger partial charge in [0, 0.05) is 5.02 Å². The van der Waals surface area contributed by atoms with E-state index in [0.717, 1.165) is 24.7 Å². The molecular weight excluding hydrogens is 260 g/mol. The number of carbonyl (C=O) groups excluding carboxylic acids is 1. The lowest BCUT2D eigenvalue weighted by atomic mass is 10.1. The molecule has 1 aliphatic carbocycles. The van der Waals surface area contributed by atoms with Gasteiger partial charge in [0.15, 0.2) is 0 Å². The van der Waals surface area contributed by atoms with E-state index in [1.54, 1.807) is 18.2 Å². The molecule has 0 spiro atoms. The van der Waals surface area contributed by atoms with Crippen molar-refractivity contribution in [3.05, 3.63) is 34.9 Å². The van der Waals surface area contributed by atoms with E-state index in [-0.39, 0.29) is 5.97 Å². The van der Waals surface area contributed by atoms with Crippen LogP contribution in [0.4, 0.5) is 0 Å². The van der Waals surface area contributed by atoms with Crippen molar-refractivity contribution in [3.63, 3.8) is 0 Å². The third kappa shape index (κ3) is 3.30. The second-order valence-electron chi connectivity index (χ2n) is 5.92. The van der Waals surface area contributed by atoms with Gasteiger partial charge in [-0.05, 0) is 48.3 Å². The van der Waals surface area contributed by atoms with Crippen molar-refractivity contribution in [3.8, 4) is 0 Å². The van der Waals surface area contributed by atoms with Crippen molar-refractivity contribution >= 4 is 17.6 Å². The predicted octanol–water partition coefficient (Wildman–Crippen LogP) is 4.37. The first-order valence-electron chi connectivity index (χ1n) is 6.77. The quantitative estimate of drug-likeness (QED) is 0.591. The van der Waals surface area contributed by atoms with Crippen molar-refractivity contribution < 1.29 is 9.53 Å². The number of benzene rings is 1. The molecule has 1 aromatic rings. The van der Waals surface area contributed by atoms with Crippen molar-refractivity contribution in [2.24, 2.45) is 17.3 Å². The number of ether oxygens (including phenoxy) is 1. The fourth-order valence-corrected chi connectivity index (χ4v) is 2.91. The standard InChI is InChI=1S/C16H20ClO2/c1-11-14(16(11,2)3)8-5-9-19-15(18)12-6-4-7-13(17)10-12/h4,7,10-11,14H,5,8-9H2,1-3H3. The number of halogens is 1. The van der Waals surface area contributed by atoms with Gasteiger partial charge in [-0.25, -0.2) is 4.79 Å². The van der Waals surface area contributed by atoms with E-state index < -0.39 is 0 Å². The lowest BCUT2D eigenvalue weighted by Crippen LogP contribution is -2.07. The second kappa shape index (κ2) is 5.54. The fraction of sp³-hybridized carbons (Fsp3) is 0.562. The van der Waals surface area contributed by atoms with Crippen LogP contribution in [0.25, 0.3) is 0 Å². The van der Waals surface area contributed by atoms with Crippen LogP contribution in [-0.4, -0.2) is 12.6 Å². The summed E-state index contributed by atoms with van der Waals surface area (Å²) in [6.07, 6.45) is 2.05. The monoisotopic (exact) mass is 279 g/mol. The van der Waals surface area contributed by atoms with Crippen LogP contribution in [-0.2, 0) is 4.74 Å². The summed E-state index contributed by atoms with van der Waals surface area (Å²) in [6, 6.07) is 7.73. The molecule has 2 nitrogen and oxygen atoms in total. The Morgan fingerprint density at radius 3 is 2.79 bits per heavy atom. The van der Waals surface area contributed by atoms with Gasteiger partial charge in [-0.1, -0.05) is 38.4 Å². The third-order valence-electron chi connectivity index (χ3n) is 4.50. The second-order valence-corrected chi connectivity index (χ2v) is 6.35. The number of esters is 1. The van der Waals surface area contributed by atoms with E-state index in [1.165, 1.54) is 0 Å². The molecule has 0 N–H and O–H groups in total. The Kier molecular flexibility index (Phi) is 4.19. The Morgan fingerprint density at radius 1 is 1.53 bits per heavy atom. The first-order chi connectivity index (χ1) is 8.93. The van der Waals surface area contributed by atoms with Gasteiger partial charge < -0.3 is 4.74 Å². The van der Waals surface area contributed by atoms with E-state index in [9.17, 15) is 4.79 Å². The molecule has 0 aromatic heterocycles. The molecule has 2 rings (SSSR count). The van der Waals surface area contributed by atoms with Crippen molar-refractivity contribution in [2.45, 2.75) is 33.6 Å². The summed E-state index contributed by atoms with van der Waals surface area (Å²) in [5, 5.41) is 0.527. The van der Waals surface area contributed by atoms with Crippen LogP contribution in [0, 0.1) is 23.3 Å². The van der Waals surface area contributed by atoms with Crippen LogP contribution < -0.4 is 0 Å². The van der Waals surface area contributed by atoms with Gasteiger partial charge in [0.25, 0.3) is 0 Å². The molecule has 1 aromatic carbocycles. The molecule has 1 saturated carbocycles. The maximum Gasteiger partial charge on any atom is 0.338 e. The van der Waals surface area contributed by atoms with Crippen molar-refractivity contribution in [1.29, 1.82) is 0 Å². The Labute approximate surface area is 120 Å². The van der Waals surface area contributed by atoms with E-state index in [2.05, 4.69) is 26.8 Å². The van der Waals surface area contributed by atoms with Gasteiger partial charge in [0.1, 0.15) is 0 Å². The molecular formula is C16H20ClO2. The maximum absolute atomic E-state index is 11.7. The summed E-state index contributed by atoms with van der Waals surface area (Å²) in [7, 11) is 0. The molecule has 0 aliphatic heterocycles. The van der Waals surface area contributed by atoms with E-state index in [0.29, 0.717) is 22.6 Å². The molecule has 3 heteroatoms. The van der Waals surface area contributed by atoms with E-state index in [4.69, 9.17) is 16.3 Å². The van der Waals surface area contributed by atoms with Crippen LogP contribution in [0.1, 0.15) is 44.0 Å². The summed E-state index contributed by atoms with van der Waals surface area (Å²) >= 11 is 5.82. The average Bonchev–Trinajstić information content (AvgIpc) is 2.84.